The van der Waals surface area contributed by atoms with E-state index in [-0.39, 0.29) is 24.7 Å². The fourth-order valence-corrected chi connectivity index (χ4v) is 2.60. The van der Waals surface area contributed by atoms with Crippen LogP contribution in [-0.4, -0.2) is 37.2 Å². The molecule has 136 valence electrons. The van der Waals surface area contributed by atoms with E-state index in [1.54, 1.807) is 17.9 Å². The number of hydrogen-bond acceptors (Lipinski definition) is 3. The number of carbonyl (C=O) groups is 1. The Bertz CT molecular complexity index is 859. The predicted molar refractivity (Wildman–Crippen MR) is 91.8 cm³/mol. The van der Waals surface area contributed by atoms with Crippen LogP contribution in [0.1, 0.15) is 24.4 Å². The van der Waals surface area contributed by atoms with Crippen LogP contribution in [0.15, 0.2) is 55.1 Å². The maximum atomic E-state index is 12.8. The lowest BCUT2D eigenvalue weighted by molar-refractivity contribution is -0.130. The molecule has 6 nitrogen and oxygen atoms in total. The number of para-hydroxylation sites is 1. The molecule has 0 bridgehead atoms. The molecule has 0 fully saturated rings. The average Bonchev–Trinajstić information content (AvgIpc) is 3.29. The summed E-state index contributed by atoms with van der Waals surface area (Å²) in [6.45, 7) is -2.63. The molecule has 0 N–H and O–H groups in total. The molecule has 2 heterocycles. The molecule has 0 atom stereocenters. The summed E-state index contributed by atoms with van der Waals surface area (Å²) >= 11 is 0. The van der Waals surface area contributed by atoms with E-state index in [1.807, 2.05) is 36.5 Å². The minimum atomic E-state index is -2.67. The molecule has 1 aromatic carbocycles. The molecule has 1 amide bonds. The number of hydrogen-bond donors (Lipinski definition) is 0. The first-order valence-corrected chi connectivity index (χ1v) is 8.17. The standard InChI is InChI=1S/C18H19F2N5O/c1-23(13-16-21-9-10-24(16)18(19)20)17(26)8-7-14-11-22-25(12-14)15-5-3-2-4-6-15/h2-6,9-12,18H,7-8,13H2,1H3. The second-order valence-corrected chi connectivity index (χ2v) is 5.91. The van der Waals surface area contributed by atoms with E-state index >= 15 is 0 Å². The first-order valence-electron chi connectivity index (χ1n) is 8.17. The molecule has 0 saturated carbocycles. The molecule has 0 saturated heterocycles. The zero-order valence-electron chi connectivity index (χ0n) is 14.3. The Kier molecular flexibility index (Phi) is 5.40. The van der Waals surface area contributed by atoms with E-state index in [1.165, 1.54) is 17.3 Å². The lowest BCUT2D eigenvalue weighted by Crippen LogP contribution is -2.28. The molecule has 0 radical (unpaired) electrons. The third-order valence-corrected chi connectivity index (χ3v) is 4.05. The molecule has 0 aliphatic rings. The summed E-state index contributed by atoms with van der Waals surface area (Å²) in [5, 5.41) is 4.30. The molecule has 3 rings (SSSR count). The number of nitrogens with zero attached hydrogens (tertiary/aromatic N) is 5. The molecule has 0 aliphatic heterocycles. The first kappa shape index (κ1) is 17.8. The van der Waals surface area contributed by atoms with Crippen molar-refractivity contribution in [3.05, 3.63) is 66.5 Å². The highest BCUT2D eigenvalue weighted by molar-refractivity contribution is 5.76. The summed E-state index contributed by atoms with van der Waals surface area (Å²) in [4.78, 5) is 17.6. The van der Waals surface area contributed by atoms with Crippen molar-refractivity contribution in [2.75, 3.05) is 7.05 Å². The summed E-state index contributed by atoms with van der Waals surface area (Å²) in [5.74, 6) is 0.0222. The summed E-state index contributed by atoms with van der Waals surface area (Å²) in [5.41, 5.74) is 1.88. The van der Waals surface area contributed by atoms with Gasteiger partial charge >= 0.3 is 6.55 Å². The van der Waals surface area contributed by atoms with E-state index in [0.717, 1.165) is 15.8 Å². The van der Waals surface area contributed by atoms with E-state index in [0.29, 0.717) is 6.42 Å². The molecule has 0 spiro atoms. The Morgan fingerprint density at radius 2 is 2.04 bits per heavy atom. The zero-order valence-corrected chi connectivity index (χ0v) is 14.3. The van der Waals surface area contributed by atoms with Gasteiger partial charge in [-0.2, -0.15) is 13.9 Å². The average molecular weight is 359 g/mol. The molecule has 26 heavy (non-hydrogen) atoms. The van der Waals surface area contributed by atoms with Crippen LogP contribution in [0.2, 0.25) is 0 Å². The van der Waals surface area contributed by atoms with Gasteiger partial charge in [-0.15, -0.1) is 0 Å². The van der Waals surface area contributed by atoms with Crippen LogP contribution in [0.25, 0.3) is 5.69 Å². The fraction of sp³-hybridized carbons (Fsp3) is 0.278. The highest BCUT2D eigenvalue weighted by Gasteiger charge is 2.16. The zero-order chi connectivity index (χ0) is 18.5. The maximum absolute atomic E-state index is 12.8. The lowest BCUT2D eigenvalue weighted by atomic mass is 10.2. The van der Waals surface area contributed by atoms with Gasteiger partial charge in [0.15, 0.2) is 0 Å². The number of rotatable bonds is 7. The van der Waals surface area contributed by atoms with Crippen molar-refractivity contribution in [3.63, 3.8) is 0 Å². The second-order valence-electron chi connectivity index (χ2n) is 5.91. The number of halogens is 2. The Balaban J connectivity index is 1.55. The van der Waals surface area contributed by atoms with Crippen LogP contribution in [0.5, 0.6) is 0 Å². The molecule has 2 aromatic heterocycles. The summed E-state index contributed by atoms with van der Waals surface area (Å²) < 4.78 is 28.2. The number of aryl methyl sites for hydroxylation is 1. The third-order valence-electron chi connectivity index (χ3n) is 4.05. The smallest absolute Gasteiger partial charge is 0.319 e. The van der Waals surface area contributed by atoms with Crippen molar-refractivity contribution < 1.29 is 13.6 Å². The quantitative estimate of drug-likeness (QED) is 0.651. The predicted octanol–water partition coefficient (Wildman–Crippen LogP) is 3.06. The Labute approximate surface area is 149 Å². The van der Waals surface area contributed by atoms with Gasteiger partial charge in [0.2, 0.25) is 5.91 Å². The number of benzene rings is 1. The van der Waals surface area contributed by atoms with Crippen molar-refractivity contribution in [2.45, 2.75) is 25.9 Å². The minimum Gasteiger partial charge on any atom is -0.338 e. The monoisotopic (exact) mass is 359 g/mol. The SMILES string of the molecule is CN(Cc1nccn1C(F)F)C(=O)CCc1cnn(-c2ccccc2)c1. The molecule has 8 heteroatoms. The normalized spacial score (nSPS) is 11.1. The number of aromatic nitrogens is 4. The van der Waals surface area contributed by atoms with Crippen molar-refractivity contribution in [1.82, 2.24) is 24.2 Å². The van der Waals surface area contributed by atoms with Crippen molar-refractivity contribution >= 4 is 5.91 Å². The molecule has 0 aliphatic carbocycles. The Morgan fingerprint density at radius 3 is 2.77 bits per heavy atom. The van der Waals surface area contributed by atoms with Crippen LogP contribution in [-0.2, 0) is 17.8 Å². The minimum absolute atomic E-state index is 0.0411. The van der Waals surface area contributed by atoms with Crippen LogP contribution < -0.4 is 0 Å². The van der Waals surface area contributed by atoms with E-state index in [2.05, 4.69) is 10.1 Å². The first-order chi connectivity index (χ1) is 12.5. The van der Waals surface area contributed by atoms with E-state index in [9.17, 15) is 13.6 Å². The second kappa shape index (κ2) is 7.90. The van der Waals surface area contributed by atoms with E-state index < -0.39 is 6.55 Å². The number of alkyl halides is 2. The largest absolute Gasteiger partial charge is 0.338 e. The van der Waals surface area contributed by atoms with Gasteiger partial charge in [0.1, 0.15) is 5.82 Å². The highest BCUT2D eigenvalue weighted by atomic mass is 19.3. The topological polar surface area (TPSA) is 56.0 Å². The van der Waals surface area contributed by atoms with Gasteiger partial charge < -0.3 is 4.90 Å². The molecule has 3 aromatic rings. The van der Waals surface area contributed by atoms with Crippen LogP contribution in [0, 0.1) is 0 Å². The number of amides is 1. The van der Waals surface area contributed by atoms with Crippen LogP contribution in [0.4, 0.5) is 8.78 Å². The fourth-order valence-electron chi connectivity index (χ4n) is 2.60. The number of carbonyl (C=O) groups excluding carboxylic acids is 1. The van der Waals surface area contributed by atoms with Gasteiger partial charge in [0.25, 0.3) is 0 Å². The van der Waals surface area contributed by atoms with Crippen molar-refractivity contribution in [2.24, 2.45) is 0 Å². The Hall–Kier alpha value is -3.03. The van der Waals surface area contributed by atoms with Gasteiger partial charge in [0.05, 0.1) is 18.4 Å². The highest BCUT2D eigenvalue weighted by Crippen LogP contribution is 2.14. The van der Waals surface area contributed by atoms with Crippen LogP contribution in [0.3, 0.4) is 0 Å². The summed E-state index contributed by atoms with van der Waals surface area (Å²) in [7, 11) is 1.58. The van der Waals surface area contributed by atoms with E-state index in [4.69, 9.17) is 0 Å². The van der Waals surface area contributed by atoms with Crippen LogP contribution >= 0.6 is 0 Å². The van der Waals surface area contributed by atoms with Gasteiger partial charge in [-0.05, 0) is 24.1 Å². The summed E-state index contributed by atoms with van der Waals surface area (Å²) in [6, 6.07) is 9.68. The van der Waals surface area contributed by atoms with Gasteiger partial charge in [-0.25, -0.2) is 9.67 Å². The lowest BCUT2D eigenvalue weighted by Gasteiger charge is -2.17. The van der Waals surface area contributed by atoms with Gasteiger partial charge in [-0.3, -0.25) is 9.36 Å². The maximum Gasteiger partial charge on any atom is 0.319 e. The summed E-state index contributed by atoms with van der Waals surface area (Å²) in [6.07, 6.45) is 6.91. The molecular weight excluding hydrogens is 340 g/mol. The number of imidazole rings is 1. The van der Waals surface area contributed by atoms with Crippen molar-refractivity contribution in [1.29, 1.82) is 0 Å². The Morgan fingerprint density at radius 1 is 1.27 bits per heavy atom. The molecule has 0 unspecified atom stereocenters. The van der Waals surface area contributed by atoms with Crippen molar-refractivity contribution in [3.8, 4) is 5.69 Å². The molecular formula is C18H19F2N5O. The third kappa shape index (κ3) is 4.14. The van der Waals surface area contributed by atoms with Gasteiger partial charge in [0, 0.05) is 32.1 Å². The van der Waals surface area contributed by atoms with Gasteiger partial charge in [-0.1, -0.05) is 18.2 Å².